The first kappa shape index (κ1) is 11.9. The second-order valence-corrected chi connectivity index (χ2v) is 4.70. The van der Waals surface area contributed by atoms with E-state index < -0.39 is 0 Å². The summed E-state index contributed by atoms with van der Waals surface area (Å²) in [7, 11) is 0. The van der Waals surface area contributed by atoms with Crippen LogP contribution < -0.4 is 10.6 Å². The fourth-order valence-electron chi connectivity index (χ4n) is 2.29. The fraction of sp³-hybridized carbons (Fsp3) is 0.538. The molecule has 1 aromatic rings. The number of hydrogen-bond acceptors (Lipinski definition) is 4. The van der Waals surface area contributed by atoms with E-state index in [2.05, 4.69) is 22.9 Å². The second-order valence-electron chi connectivity index (χ2n) is 4.70. The number of anilines is 1. The van der Waals surface area contributed by atoms with Crippen LogP contribution in [0.2, 0.25) is 0 Å². The highest BCUT2D eigenvalue weighted by atomic mass is 15.2. The van der Waals surface area contributed by atoms with Crippen molar-refractivity contribution in [3.8, 4) is 6.07 Å². The Balaban J connectivity index is 1.98. The van der Waals surface area contributed by atoms with E-state index in [4.69, 9.17) is 11.0 Å². The summed E-state index contributed by atoms with van der Waals surface area (Å²) in [4.78, 5) is 6.58. The molecule has 1 aromatic heterocycles. The maximum absolute atomic E-state index is 8.72. The monoisotopic (exact) mass is 230 g/mol. The number of nitriles is 1. The highest BCUT2D eigenvalue weighted by molar-refractivity contribution is 5.42. The number of nitrogens with two attached hydrogens (primary N) is 1. The summed E-state index contributed by atoms with van der Waals surface area (Å²) in [6, 6.07) is 6.11. The van der Waals surface area contributed by atoms with E-state index in [1.54, 1.807) is 6.20 Å². The number of nitrogens with zero attached hydrogens (tertiary/aromatic N) is 3. The van der Waals surface area contributed by atoms with Gasteiger partial charge in [-0.3, -0.25) is 0 Å². The number of hydrogen-bond donors (Lipinski definition) is 1. The molecule has 2 rings (SSSR count). The number of piperidine rings is 1. The Morgan fingerprint density at radius 1 is 1.47 bits per heavy atom. The Morgan fingerprint density at radius 2 is 2.18 bits per heavy atom. The molecule has 1 saturated heterocycles. The van der Waals surface area contributed by atoms with Crippen molar-refractivity contribution in [3.05, 3.63) is 23.9 Å². The van der Waals surface area contributed by atoms with E-state index in [0.717, 1.165) is 31.7 Å². The smallest absolute Gasteiger partial charge is 0.128 e. The summed E-state index contributed by atoms with van der Waals surface area (Å²) in [5.41, 5.74) is 6.53. The van der Waals surface area contributed by atoms with Crippen LogP contribution in [0, 0.1) is 17.2 Å². The van der Waals surface area contributed by atoms with E-state index in [0.29, 0.717) is 11.5 Å². The van der Waals surface area contributed by atoms with E-state index in [1.807, 2.05) is 12.1 Å². The molecule has 1 fully saturated rings. The summed E-state index contributed by atoms with van der Waals surface area (Å²) in [5, 5.41) is 8.72. The van der Waals surface area contributed by atoms with Crippen LogP contribution in [-0.4, -0.2) is 24.1 Å². The van der Waals surface area contributed by atoms with E-state index in [9.17, 15) is 0 Å². The first-order valence-electron chi connectivity index (χ1n) is 6.07. The van der Waals surface area contributed by atoms with Crippen LogP contribution >= 0.6 is 0 Å². The Labute approximate surface area is 102 Å². The highest BCUT2D eigenvalue weighted by Gasteiger charge is 2.22. The Kier molecular flexibility index (Phi) is 3.60. The van der Waals surface area contributed by atoms with Gasteiger partial charge in [-0.15, -0.1) is 0 Å². The van der Waals surface area contributed by atoms with E-state index >= 15 is 0 Å². The van der Waals surface area contributed by atoms with Crippen molar-refractivity contribution in [3.63, 3.8) is 0 Å². The molecule has 1 unspecified atom stereocenters. The normalized spacial score (nSPS) is 18.8. The zero-order chi connectivity index (χ0) is 12.3. The molecule has 0 aliphatic carbocycles. The largest absolute Gasteiger partial charge is 0.357 e. The minimum absolute atomic E-state index is 0.283. The average Bonchev–Trinajstić information content (AvgIpc) is 2.39. The molecule has 1 atom stereocenters. The predicted molar refractivity (Wildman–Crippen MR) is 67.5 cm³/mol. The van der Waals surface area contributed by atoms with Crippen LogP contribution in [0.1, 0.15) is 25.3 Å². The van der Waals surface area contributed by atoms with Gasteiger partial charge in [0.2, 0.25) is 0 Å². The van der Waals surface area contributed by atoms with Crippen molar-refractivity contribution < 1.29 is 0 Å². The SMILES string of the molecule is CC(N)C1CCN(c2ccc(C#N)cn2)CC1. The van der Waals surface area contributed by atoms with Gasteiger partial charge in [-0.25, -0.2) is 4.98 Å². The van der Waals surface area contributed by atoms with Crippen molar-refractivity contribution in [1.82, 2.24) is 4.98 Å². The number of pyridine rings is 1. The summed E-state index contributed by atoms with van der Waals surface area (Å²) in [6.45, 7) is 4.09. The zero-order valence-corrected chi connectivity index (χ0v) is 10.1. The van der Waals surface area contributed by atoms with Crippen LogP contribution in [-0.2, 0) is 0 Å². The maximum Gasteiger partial charge on any atom is 0.128 e. The van der Waals surface area contributed by atoms with Gasteiger partial charge in [-0.1, -0.05) is 0 Å². The molecule has 90 valence electrons. The van der Waals surface area contributed by atoms with Crippen LogP contribution in [0.4, 0.5) is 5.82 Å². The van der Waals surface area contributed by atoms with Gasteiger partial charge < -0.3 is 10.6 Å². The molecule has 0 saturated carbocycles. The van der Waals surface area contributed by atoms with Crippen molar-refractivity contribution in [2.75, 3.05) is 18.0 Å². The molecule has 1 aliphatic rings. The molecule has 4 heteroatoms. The van der Waals surface area contributed by atoms with Gasteiger partial charge in [0.25, 0.3) is 0 Å². The molecule has 2 N–H and O–H groups in total. The van der Waals surface area contributed by atoms with Gasteiger partial charge in [-0.2, -0.15) is 5.26 Å². The lowest BCUT2D eigenvalue weighted by Crippen LogP contribution is -2.40. The molecule has 0 amide bonds. The zero-order valence-electron chi connectivity index (χ0n) is 10.1. The Hall–Kier alpha value is -1.60. The van der Waals surface area contributed by atoms with Crippen molar-refractivity contribution in [2.45, 2.75) is 25.8 Å². The van der Waals surface area contributed by atoms with Gasteiger partial charge in [0.1, 0.15) is 11.9 Å². The summed E-state index contributed by atoms with van der Waals surface area (Å²) in [6.07, 6.45) is 3.88. The molecule has 0 radical (unpaired) electrons. The van der Waals surface area contributed by atoms with E-state index in [-0.39, 0.29) is 6.04 Å². The van der Waals surface area contributed by atoms with Gasteiger partial charge in [-0.05, 0) is 37.8 Å². The van der Waals surface area contributed by atoms with Crippen molar-refractivity contribution in [2.24, 2.45) is 11.7 Å². The third-order valence-electron chi connectivity index (χ3n) is 3.48. The predicted octanol–water partition coefficient (Wildman–Crippen LogP) is 1.52. The van der Waals surface area contributed by atoms with Crippen LogP contribution in [0.15, 0.2) is 18.3 Å². The van der Waals surface area contributed by atoms with Crippen LogP contribution in [0.3, 0.4) is 0 Å². The Bertz CT molecular complexity index is 396. The minimum Gasteiger partial charge on any atom is -0.357 e. The molecule has 2 heterocycles. The average molecular weight is 230 g/mol. The number of aromatic nitrogens is 1. The van der Waals surface area contributed by atoms with Crippen LogP contribution in [0.25, 0.3) is 0 Å². The van der Waals surface area contributed by atoms with Gasteiger partial charge >= 0.3 is 0 Å². The lowest BCUT2D eigenvalue weighted by Gasteiger charge is -2.34. The third-order valence-corrected chi connectivity index (χ3v) is 3.48. The third kappa shape index (κ3) is 2.75. The first-order chi connectivity index (χ1) is 8.20. The molecular weight excluding hydrogens is 212 g/mol. The molecule has 0 spiro atoms. The lowest BCUT2D eigenvalue weighted by atomic mass is 9.91. The first-order valence-corrected chi connectivity index (χ1v) is 6.07. The molecule has 1 aliphatic heterocycles. The topological polar surface area (TPSA) is 65.9 Å². The molecule has 0 bridgehead atoms. The quantitative estimate of drug-likeness (QED) is 0.836. The molecule has 0 aromatic carbocycles. The van der Waals surface area contributed by atoms with Gasteiger partial charge in [0, 0.05) is 25.3 Å². The number of rotatable bonds is 2. The standard InChI is InChI=1S/C13H18N4/c1-10(15)12-4-6-17(7-5-12)13-3-2-11(8-14)9-16-13/h2-3,9-10,12H,4-7,15H2,1H3. The van der Waals surface area contributed by atoms with Crippen molar-refractivity contribution >= 4 is 5.82 Å². The van der Waals surface area contributed by atoms with Gasteiger partial charge in [0.15, 0.2) is 0 Å². The summed E-state index contributed by atoms with van der Waals surface area (Å²) in [5.74, 6) is 1.59. The fourth-order valence-corrected chi connectivity index (χ4v) is 2.29. The Morgan fingerprint density at radius 3 is 2.65 bits per heavy atom. The van der Waals surface area contributed by atoms with E-state index in [1.165, 1.54) is 0 Å². The van der Waals surface area contributed by atoms with Gasteiger partial charge in [0.05, 0.1) is 5.56 Å². The maximum atomic E-state index is 8.72. The molecule has 4 nitrogen and oxygen atoms in total. The highest BCUT2D eigenvalue weighted by Crippen LogP contribution is 2.23. The minimum atomic E-state index is 0.283. The lowest BCUT2D eigenvalue weighted by molar-refractivity contribution is 0.353. The van der Waals surface area contributed by atoms with Crippen molar-refractivity contribution in [1.29, 1.82) is 5.26 Å². The second kappa shape index (κ2) is 5.15. The molecular formula is C13H18N4. The summed E-state index contributed by atoms with van der Waals surface area (Å²) >= 11 is 0. The van der Waals surface area contributed by atoms with Crippen LogP contribution in [0.5, 0.6) is 0 Å². The summed E-state index contributed by atoms with van der Waals surface area (Å²) < 4.78 is 0. The molecule has 17 heavy (non-hydrogen) atoms.